The number of carbonyl (C=O) groups excluding carboxylic acids is 2. The SMILES string of the molecule is C=CC1CCN(C(=O)NCCC(=O)N2CCCCCC2)CC1. The van der Waals surface area contributed by atoms with E-state index in [0.29, 0.717) is 18.9 Å². The molecule has 22 heavy (non-hydrogen) atoms. The summed E-state index contributed by atoms with van der Waals surface area (Å²) in [5, 5.41) is 2.88. The van der Waals surface area contributed by atoms with E-state index < -0.39 is 0 Å². The van der Waals surface area contributed by atoms with Crippen molar-refractivity contribution < 1.29 is 9.59 Å². The summed E-state index contributed by atoms with van der Waals surface area (Å²) >= 11 is 0. The molecule has 0 spiro atoms. The van der Waals surface area contributed by atoms with E-state index in [4.69, 9.17) is 0 Å². The zero-order valence-electron chi connectivity index (χ0n) is 13.6. The number of nitrogens with zero attached hydrogens (tertiary/aromatic N) is 2. The molecule has 124 valence electrons. The van der Waals surface area contributed by atoms with E-state index in [1.807, 2.05) is 15.9 Å². The van der Waals surface area contributed by atoms with E-state index in [2.05, 4.69) is 11.9 Å². The summed E-state index contributed by atoms with van der Waals surface area (Å²) in [4.78, 5) is 28.0. The Hall–Kier alpha value is -1.52. The molecular formula is C17H29N3O2. The van der Waals surface area contributed by atoms with Crippen molar-refractivity contribution in [1.82, 2.24) is 15.1 Å². The minimum absolute atomic E-state index is 0.0359. The quantitative estimate of drug-likeness (QED) is 0.811. The highest BCUT2D eigenvalue weighted by Gasteiger charge is 2.21. The van der Waals surface area contributed by atoms with Crippen molar-refractivity contribution in [3.63, 3.8) is 0 Å². The third kappa shape index (κ3) is 5.04. The van der Waals surface area contributed by atoms with E-state index in [9.17, 15) is 9.59 Å². The second-order valence-electron chi connectivity index (χ2n) is 6.34. The number of allylic oxidation sites excluding steroid dienone is 1. The number of piperidine rings is 1. The lowest BCUT2D eigenvalue weighted by molar-refractivity contribution is -0.131. The van der Waals surface area contributed by atoms with E-state index >= 15 is 0 Å². The van der Waals surface area contributed by atoms with Gasteiger partial charge >= 0.3 is 6.03 Å². The summed E-state index contributed by atoms with van der Waals surface area (Å²) in [6, 6.07) is -0.0359. The van der Waals surface area contributed by atoms with Gasteiger partial charge in [0.1, 0.15) is 0 Å². The van der Waals surface area contributed by atoms with Crippen molar-refractivity contribution in [3.8, 4) is 0 Å². The normalized spacial score (nSPS) is 20.4. The summed E-state index contributed by atoms with van der Waals surface area (Å²) in [7, 11) is 0. The number of hydrogen-bond donors (Lipinski definition) is 1. The van der Waals surface area contributed by atoms with Gasteiger partial charge in [-0.05, 0) is 31.6 Å². The Labute approximate surface area is 133 Å². The number of nitrogens with one attached hydrogen (secondary N) is 1. The number of amides is 3. The molecule has 2 fully saturated rings. The first-order chi connectivity index (χ1) is 10.7. The Morgan fingerprint density at radius 3 is 2.23 bits per heavy atom. The van der Waals surface area contributed by atoms with Gasteiger partial charge in [-0.2, -0.15) is 0 Å². The predicted molar refractivity (Wildman–Crippen MR) is 87.6 cm³/mol. The monoisotopic (exact) mass is 307 g/mol. The van der Waals surface area contributed by atoms with E-state index in [1.165, 1.54) is 12.8 Å². The first kappa shape index (κ1) is 16.8. The van der Waals surface area contributed by atoms with Gasteiger partial charge in [0, 0.05) is 39.1 Å². The fourth-order valence-corrected chi connectivity index (χ4v) is 3.20. The predicted octanol–water partition coefficient (Wildman–Crippen LogP) is 2.39. The van der Waals surface area contributed by atoms with Crippen molar-refractivity contribution in [2.75, 3.05) is 32.7 Å². The fourth-order valence-electron chi connectivity index (χ4n) is 3.20. The highest BCUT2D eigenvalue weighted by atomic mass is 16.2. The zero-order valence-corrected chi connectivity index (χ0v) is 13.6. The van der Waals surface area contributed by atoms with Crippen LogP contribution in [0.25, 0.3) is 0 Å². The third-order valence-electron chi connectivity index (χ3n) is 4.73. The van der Waals surface area contributed by atoms with E-state index in [-0.39, 0.29) is 11.9 Å². The lowest BCUT2D eigenvalue weighted by Gasteiger charge is -2.30. The Bertz CT molecular complexity index is 381. The Morgan fingerprint density at radius 1 is 1.00 bits per heavy atom. The molecule has 0 aromatic rings. The van der Waals surface area contributed by atoms with Crippen molar-refractivity contribution in [2.45, 2.75) is 44.9 Å². The molecule has 0 bridgehead atoms. The van der Waals surface area contributed by atoms with Crippen LogP contribution in [0.2, 0.25) is 0 Å². The molecule has 0 radical (unpaired) electrons. The number of hydrogen-bond acceptors (Lipinski definition) is 2. The maximum Gasteiger partial charge on any atom is 0.317 e. The van der Waals surface area contributed by atoms with Crippen molar-refractivity contribution in [1.29, 1.82) is 0 Å². The first-order valence-electron chi connectivity index (χ1n) is 8.64. The number of rotatable bonds is 4. The number of carbonyl (C=O) groups is 2. The maximum atomic E-state index is 12.1. The summed E-state index contributed by atoms with van der Waals surface area (Å²) in [5.74, 6) is 0.709. The second-order valence-corrected chi connectivity index (χ2v) is 6.34. The van der Waals surface area contributed by atoms with Crippen LogP contribution < -0.4 is 5.32 Å². The molecule has 2 saturated heterocycles. The highest BCUT2D eigenvalue weighted by molar-refractivity contribution is 5.78. The van der Waals surface area contributed by atoms with Crippen LogP contribution in [0.4, 0.5) is 4.79 Å². The number of urea groups is 1. The molecule has 2 aliphatic rings. The molecule has 0 aromatic carbocycles. The van der Waals surface area contributed by atoms with Crippen LogP contribution >= 0.6 is 0 Å². The van der Waals surface area contributed by atoms with Crippen LogP contribution in [-0.2, 0) is 4.79 Å². The third-order valence-corrected chi connectivity index (χ3v) is 4.73. The van der Waals surface area contributed by atoms with Gasteiger partial charge < -0.3 is 15.1 Å². The second kappa shape index (κ2) is 8.81. The molecule has 0 aliphatic carbocycles. The molecule has 2 rings (SSSR count). The van der Waals surface area contributed by atoms with Crippen LogP contribution in [0.15, 0.2) is 12.7 Å². The Balaban J connectivity index is 1.64. The smallest absolute Gasteiger partial charge is 0.317 e. The van der Waals surface area contributed by atoms with Gasteiger partial charge in [0.05, 0.1) is 0 Å². The van der Waals surface area contributed by atoms with Gasteiger partial charge in [-0.1, -0.05) is 18.9 Å². The molecule has 2 aliphatic heterocycles. The van der Waals surface area contributed by atoms with Crippen molar-refractivity contribution in [2.24, 2.45) is 5.92 Å². The molecule has 0 saturated carbocycles. The van der Waals surface area contributed by atoms with Gasteiger partial charge in [-0.15, -0.1) is 6.58 Å². The molecule has 3 amide bonds. The lowest BCUT2D eigenvalue weighted by atomic mass is 9.97. The van der Waals surface area contributed by atoms with Crippen molar-refractivity contribution in [3.05, 3.63) is 12.7 Å². The van der Waals surface area contributed by atoms with Crippen LogP contribution in [0.3, 0.4) is 0 Å². The lowest BCUT2D eigenvalue weighted by Crippen LogP contribution is -2.45. The Kier molecular flexibility index (Phi) is 6.74. The Morgan fingerprint density at radius 2 is 1.64 bits per heavy atom. The molecule has 0 unspecified atom stereocenters. The topological polar surface area (TPSA) is 52.7 Å². The van der Waals surface area contributed by atoms with Crippen molar-refractivity contribution >= 4 is 11.9 Å². The van der Waals surface area contributed by atoms with Gasteiger partial charge in [0.25, 0.3) is 0 Å². The summed E-state index contributed by atoms with van der Waals surface area (Å²) < 4.78 is 0. The minimum atomic E-state index is -0.0359. The summed E-state index contributed by atoms with van der Waals surface area (Å²) in [5.41, 5.74) is 0. The minimum Gasteiger partial charge on any atom is -0.343 e. The molecule has 2 heterocycles. The van der Waals surface area contributed by atoms with Gasteiger partial charge in [0.15, 0.2) is 0 Å². The van der Waals surface area contributed by atoms with Gasteiger partial charge in [0.2, 0.25) is 5.91 Å². The van der Waals surface area contributed by atoms with Crippen LogP contribution in [0.1, 0.15) is 44.9 Å². The average Bonchev–Trinajstić information content (AvgIpc) is 2.84. The summed E-state index contributed by atoms with van der Waals surface area (Å²) in [6.07, 6.45) is 9.03. The maximum absolute atomic E-state index is 12.1. The van der Waals surface area contributed by atoms with Crippen LogP contribution in [0.5, 0.6) is 0 Å². The zero-order chi connectivity index (χ0) is 15.8. The highest BCUT2D eigenvalue weighted by Crippen LogP contribution is 2.17. The fraction of sp³-hybridized carbons (Fsp3) is 0.765. The largest absolute Gasteiger partial charge is 0.343 e. The first-order valence-corrected chi connectivity index (χ1v) is 8.64. The van der Waals surface area contributed by atoms with Gasteiger partial charge in [-0.25, -0.2) is 4.79 Å². The van der Waals surface area contributed by atoms with Crippen LogP contribution in [0, 0.1) is 5.92 Å². The molecule has 5 nitrogen and oxygen atoms in total. The number of likely N-dealkylation sites (tertiary alicyclic amines) is 2. The molecule has 1 N–H and O–H groups in total. The molecule has 0 atom stereocenters. The van der Waals surface area contributed by atoms with Gasteiger partial charge in [-0.3, -0.25) is 4.79 Å². The van der Waals surface area contributed by atoms with Crippen LogP contribution in [-0.4, -0.2) is 54.5 Å². The summed E-state index contributed by atoms with van der Waals surface area (Å²) in [6.45, 7) is 7.57. The molecule has 5 heteroatoms. The van der Waals surface area contributed by atoms with E-state index in [0.717, 1.165) is 51.9 Å². The molecular weight excluding hydrogens is 278 g/mol. The average molecular weight is 307 g/mol. The molecule has 0 aromatic heterocycles. The standard InChI is InChI=1S/C17H29N3O2/c1-2-15-8-13-20(14-9-15)17(22)18-10-7-16(21)19-11-5-3-4-6-12-19/h2,15H,1,3-14H2,(H,18,22). The van der Waals surface area contributed by atoms with E-state index in [1.54, 1.807) is 0 Å².